The van der Waals surface area contributed by atoms with E-state index in [1.807, 2.05) is 7.05 Å². The number of thiophene rings is 1. The Morgan fingerprint density at radius 3 is 3.00 bits per heavy atom. The van der Waals surface area contributed by atoms with Crippen molar-refractivity contribution in [3.05, 3.63) is 46.4 Å². The molecule has 0 aliphatic carbocycles. The van der Waals surface area contributed by atoms with Gasteiger partial charge in [-0.25, -0.2) is 0 Å². The van der Waals surface area contributed by atoms with Gasteiger partial charge >= 0.3 is 0 Å². The Bertz CT molecular complexity index is 417. The standard InChI is InChI=1S/C13H18N2S/c1-11(14-2)13-4-3-7-15(13)8-5-12-6-9-16-10-12/h3-4,6-7,9-11,14H,5,8H2,1-2H3. The van der Waals surface area contributed by atoms with Crippen LogP contribution in [0, 0.1) is 0 Å². The summed E-state index contributed by atoms with van der Waals surface area (Å²) in [5.41, 5.74) is 2.79. The lowest BCUT2D eigenvalue weighted by atomic mass is 10.2. The molecule has 0 saturated carbocycles. The minimum atomic E-state index is 0.414. The van der Waals surface area contributed by atoms with E-state index in [0.717, 1.165) is 13.0 Å². The highest BCUT2D eigenvalue weighted by Gasteiger charge is 2.07. The first-order valence-electron chi connectivity index (χ1n) is 5.64. The third-order valence-electron chi connectivity index (χ3n) is 2.96. The second-order valence-electron chi connectivity index (χ2n) is 4.02. The average molecular weight is 234 g/mol. The van der Waals surface area contributed by atoms with Crippen molar-refractivity contribution >= 4 is 11.3 Å². The zero-order chi connectivity index (χ0) is 11.4. The highest BCUT2D eigenvalue weighted by molar-refractivity contribution is 7.07. The zero-order valence-corrected chi connectivity index (χ0v) is 10.6. The van der Waals surface area contributed by atoms with Crippen LogP contribution in [0.4, 0.5) is 0 Å². The molecule has 0 bridgehead atoms. The van der Waals surface area contributed by atoms with Crippen LogP contribution in [0.3, 0.4) is 0 Å². The normalized spacial score (nSPS) is 12.9. The summed E-state index contributed by atoms with van der Waals surface area (Å²) in [6.45, 7) is 3.25. The summed E-state index contributed by atoms with van der Waals surface area (Å²) >= 11 is 1.77. The average Bonchev–Trinajstić information content (AvgIpc) is 2.96. The molecule has 0 aliphatic rings. The molecule has 1 N–H and O–H groups in total. The molecule has 0 aromatic carbocycles. The molecule has 2 aromatic heterocycles. The van der Waals surface area contributed by atoms with Crippen molar-refractivity contribution in [1.29, 1.82) is 0 Å². The predicted octanol–water partition coefficient (Wildman–Crippen LogP) is 3.07. The first-order chi connectivity index (χ1) is 7.81. The molecule has 0 spiro atoms. The Balaban J connectivity index is 2.01. The number of hydrogen-bond acceptors (Lipinski definition) is 2. The van der Waals surface area contributed by atoms with Gasteiger partial charge in [-0.3, -0.25) is 0 Å². The van der Waals surface area contributed by atoms with E-state index in [1.54, 1.807) is 11.3 Å². The molecule has 0 radical (unpaired) electrons. The van der Waals surface area contributed by atoms with Gasteiger partial charge in [0.2, 0.25) is 0 Å². The van der Waals surface area contributed by atoms with Gasteiger partial charge in [0.1, 0.15) is 0 Å². The lowest BCUT2D eigenvalue weighted by molar-refractivity contribution is 0.568. The molecule has 0 fully saturated rings. The lowest BCUT2D eigenvalue weighted by Gasteiger charge is -2.14. The maximum atomic E-state index is 3.28. The fourth-order valence-corrected chi connectivity index (χ4v) is 2.56. The summed E-state index contributed by atoms with van der Waals surface area (Å²) < 4.78 is 2.33. The molecule has 86 valence electrons. The number of nitrogens with zero attached hydrogens (tertiary/aromatic N) is 1. The smallest absolute Gasteiger partial charge is 0.0443 e. The quantitative estimate of drug-likeness (QED) is 0.841. The summed E-state index contributed by atoms with van der Waals surface area (Å²) in [6, 6.07) is 6.93. The van der Waals surface area contributed by atoms with Gasteiger partial charge in [0.05, 0.1) is 0 Å². The topological polar surface area (TPSA) is 17.0 Å². The summed E-state index contributed by atoms with van der Waals surface area (Å²) in [4.78, 5) is 0. The minimum absolute atomic E-state index is 0.414. The van der Waals surface area contributed by atoms with E-state index in [4.69, 9.17) is 0 Å². The third kappa shape index (κ3) is 2.54. The number of hydrogen-bond donors (Lipinski definition) is 1. The molecule has 2 heterocycles. The summed E-state index contributed by atoms with van der Waals surface area (Å²) in [7, 11) is 2.00. The van der Waals surface area contributed by atoms with Crippen molar-refractivity contribution < 1.29 is 0 Å². The Labute approximate surface area is 101 Å². The lowest BCUT2D eigenvalue weighted by Crippen LogP contribution is -2.17. The van der Waals surface area contributed by atoms with Crippen LogP contribution in [0.2, 0.25) is 0 Å². The van der Waals surface area contributed by atoms with Gasteiger partial charge in [0.15, 0.2) is 0 Å². The largest absolute Gasteiger partial charge is 0.350 e. The molecule has 3 heteroatoms. The highest BCUT2D eigenvalue weighted by atomic mass is 32.1. The SMILES string of the molecule is CNC(C)c1cccn1CCc1ccsc1. The Morgan fingerprint density at radius 2 is 2.31 bits per heavy atom. The molecule has 1 unspecified atom stereocenters. The number of aromatic nitrogens is 1. The number of aryl methyl sites for hydroxylation is 2. The molecule has 1 atom stereocenters. The Kier molecular flexibility index (Phi) is 3.80. The maximum absolute atomic E-state index is 3.28. The molecule has 2 rings (SSSR count). The van der Waals surface area contributed by atoms with Crippen molar-refractivity contribution in [3.8, 4) is 0 Å². The minimum Gasteiger partial charge on any atom is -0.350 e. The molecular formula is C13H18N2S. The van der Waals surface area contributed by atoms with Crippen LogP contribution < -0.4 is 5.32 Å². The molecule has 0 aliphatic heterocycles. The van der Waals surface area contributed by atoms with Crippen LogP contribution in [0.25, 0.3) is 0 Å². The molecular weight excluding hydrogens is 216 g/mol. The van der Waals surface area contributed by atoms with Gasteiger partial charge in [-0.05, 0) is 54.9 Å². The summed E-state index contributed by atoms with van der Waals surface area (Å²) in [6.07, 6.45) is 3.27. The molecule has 0 amide bonds. The van der Waals surface area contributed by atoms with E-state index in [0.29, 0.717) is 6.04 Å². The van der Waals surface area contributed by atoms with Gasteiger partial charge in [-0.15, -0.1) is 0 Å². The molecule has 16 heavy (non-hydrogen) atoms. The monoisotopic (exact) mass is 234 g/mol. The number of nitrogens with one attached hydrogen (secondary N) is 1. The van der Waals surface area contributed by atoms with Gasteiger partial charge in [-0.2, -0.15) is 11.3 Å². The first-order valence-corrected chi connectivity index (χ1v) is 6.59. The van der Waals surface area contributed by atoms with Crippen LogP contribution in [0.1, 0.15) is 24.2 Å². The van der Waals surface area contributed by atoms with E-state index < -0.39 is 0 Å². The van der Waals surface area contributed by atoms with E-state index in [1.165, 1.54) is 11.3 Å². The molecule has 0 saturated heterocycles. The van der Waals surface area contributed by atoms with Crippen molar-refractivity contribution in [2.45, 2.75) is 25.9 Å². The van der Waals surface area contributed by atoms with Crippen LogP contribution in [0.5, 0.6) is 0 Å². The van der Waals surface area contributed by atoms with E-state index >= 15 is 0 Å². The maximum Gasteiger partial charge on any atom is 0.0443 e. The Morgan fingerprint density at radius 1 is 1.44 bits per heavy atom. The van der Waals surface area contributed by atoms with Gasteiger partial charge in [0, 0.05) is 24.5 Å². The van der Waals surface area contributed by atoms with Crippen molar-refractivity contribution in [1.82, 2.24) is 9.88 Å². The van der Waals surface area contributed by atoms with Crippen LogP contribution in [0.15, 0.2) is 35.2 Å². The highest BCUT2D eigenvalue weighted by Crippen LogP contribution is 2.14. The van der Waals surface area contributed by atoms with E-state index in [9.17, 15) is 0 Å². The van der Waals surface area contributed by atoms with Gasteiger partial charge in [0.25, 0.3) is 0 Å². The van der Waals surface area contributed by atoms with Crippen molar-refractivity contribution in [3.63, 3.8) is 0 Å². The van der Waals surface area contributed by atoms with Crippen LogP contribution in [-0.4, -0.2) is 11.6 Å². The number of rotatable bonds is 5. The predicted molar refractivity (Wildman–Crippen MR) is 69.9 cm³/mol. The van der Waals surface area contributed by atoms with Gasteiger partial charge in [-0.1, -0.05) is 0 Å². The fourth-order valence-electron chi connectivity index (χ4n) is 1.86. The fraction of sp³-hybridized carbons (Fsp3) is 0.385. The zero-order valence-electron chi connectivity index (χ0n) is 9.81. The van der Waals surface area contributed by atoms with Crippen molar-refractivity contribution in [2.75, 3.05) is 7.05 Å². The third-order valence-corrected chi connectivity index (χ3v) is 3.69. The molecule has 2 nitrogen and oxygen atoms in total. The first kappa shape index (κ1) is 11.4. The van der Waals surface area contributed by atoms with E-state index in [2.05, 4.69) is 52.0 Å². The van der Waals surface area contributed by atoms with Gasteiger partial charge < -0.3 is 9.88 Å². The summed E-state index contributed by atoms with van der Waals surface area (Å²) in [5.74, 6) is 0. The van der Waals surface area contributed by atoms with Crippen molar-refractivity contribution in [2.24, 2.45) is 0 Å². The van der Waals surface area contributed by atoms with E-state index in [-0.39, 0.29) is 0 Å². The second kappa shape index (κ2) is 5.32. The van der Waals surface area contributed by atoms with Crippen LogP contribution in [-0.2, 0) is 13.0 Å². The molecule has 2 aromatic rings. The Hall–Kier alpha value is -1.06. The second-order valence-corrected chi connectivity index (χ2v) is 4.80. The summed E-state index contributed by atoms with van der Waals surface area (Å²) in [5, 5.41) is 7.65. The van der Waals surface area contributed by atoms with Crippen LogP contribution >= 0.6 is 11.3 Å².